The van der Waals surface area contributed by atoms with E-state index in [1.807, 2.05) is 19.2 Å². The highest BCUT2D eigenvalue weighted by molar-refractivity contribution is 8.15. The minimum atomic E-state index is -3.72. The number of nitrogens with one attached hydrogen (secondary N) is 1. The molecule has 33 heavy (non-hydrogen) atoms. The Hall–Kier alpha value is -1.13. The molecule has 0 aromatic heterocycles. The predicted octanol–water partition coefficient (Wildman–Crippen LogP) is 4.42. The standard InChI is InChI=1S/C23H36ClN5O2S2/c1-4-28(5-2)14-15-29(6-3)33(30,31)21-16-18(12-13-20(21)24)23-27-26-22(32-23)17-25-19-10-8-7-9-11-19/h12-13,16-17,19,22,26H,4-11,14-15H2,1-3H3. The number of likely N-dealkylation sites (N-methyl/N-ethyl adjacent to an activating group) is 2. The van der Waals surface area contributed by atoms with Crippen LogP contribution in [0.15, 0.2) is 33.2 Å². The first-order valence-electron chi connectivity index (χ1n) is 11.9. The molecule has 1 aliphatic carbocycles. The Bertz CT molecular complexity index is 944. The van der Waals surface area contributed by atoms with Crippen molar-refractivity contribution in [2.75, 3.05) is 32.7 Å². The summed E-state index contributed by atoms with van der Waals surface area (Å²) in [5.74, 6) is 0. The lowest BCUT2D eigenvalue weighted by Crippen LogP contribution is -2.38. The summed E-state index contributed by atoms with van der Waals surface area (Å²) >= 11 is 7.91. The van der Waals surface area contributed by atoms with E-state index in [9.17, 15) is 8.42 Å². The van der Waals surface area contributed by atoms with Crippen LogP contribution in [-0.4, -0.2) is 73.0 Å². The first-order chi connectivity index (χ1) is 15.9. The lowest BCUT2D eigenvalue weighted by molar-refractivity contribution is 0.274. The van der Waals surface area contributed by atoms with Crippen LogP contribution in [0.25, 0.3) is 0 Å². The molecule has 0 amide bonds. The Labute approximate surface area is 208 Å². The maximum atomic E-state index is 13.4. The minimum absolute atomic E-state index is 0.0427. The van der Waals surface area contributed by atoms with Gasteiger partial charge in [-0.1, -0.05) is 69.5 Å². The van der Waals surface area contributed by atoms with Gasteiger partial charge >= 0.3 is 0 Å². The van der Waals surface area contributed by atoms with Crippen molar-refractivity contribution in [3.05, 3.63) is 28.8 Å². The fourth-order valence-electron chi connectivity index (χ4n) is 4.14. The van der Waals surface area contributed by atoms with Crippen LogP contribution in [0, 0.1) is 0 Å². The number of hydrogen-bond donors (Lipinski definition) is 1. The van der Waals surface area contributed by atoms with E-state index in [1.54, 1.807) is 23.9 Å². The predicted molar refractivity (Wildman–Crippen MR) is 140 cm³/mol. The van der Waals surface area contributed by atoms with E-state index in [4.69, 9.17) is 16.6 Å². The first-order valence-corrected chi connectivity index (χ1v) is 14.6. The molecule has 1 fully saturated rings. The third-order valence-corrected chi connectivity index (χ3v) is 9.73. The number of hydrogen-bond acceptors (Lipinski definition) is 7. The number of halogens is 1. The normalized spacial score (nSPS) is 20.1. The van der Waals surface area contributed by atoms with Crippen LogP contribution in [0.4, 0.5) is 0 Å². The van der Waals surface area contributed by atoms with Gasteiger partial charge in [0.15, 0.2) is 0 Å². The smallest absolute Gasteiger partial charge is 0.244 e. The van der Waals surface area contributed by atoms with Crippen molar-refractivity contribution in [1.29, 1.82) is 0 Å². The minimum Gasteiger partial charge on any atom is -0.303 e. The van der Waals surface area contributed by atoms with Gasteiger partial charge < -0.3 is 4.90 Å². The van der Waals surface area contributed by atoms with Gasteiger partial charge in [-0.2, -0.15) is 9.41 Å². The van der Waals surface area contributed by atoms with Gasteiger partial charge in [-0.05, 0) is 38.1 Å². The molecule has 2 aliphatic rings. The Kier molecular flexibility index (Phi) is 10.1. The van der Waals surface area contributed by atoms with Gasteiger partial charge in [-0.15, -0.1) is 0 Å². The van der Waals surface area contributed by atoms with E-state index < -0.39 is 10.0 Å². The number of benzene rings is 1. The molecule has 0 bridgehead atoms. The Morgan fingerprint density at radius 1 is 1.15 bits per heavy atom. The summed E-state index contributed by atoms with van der Waals surface area (Å²) in [6.07, 6.45) is 8.06. The summed E-state index contributed by atoms with van der Waals surface area (Å²) in [4.78, 5) is 7.08. The second kappa shape index (κ2) is 12.5. The average molecular weight is 514 g/mol. The third kappa shape index (κ3) is 6.94. The summed E-state index contributed by atoms with van der Waals surface area (Å²) in [5.41, 5.74) is 3.84. The highest BCUT2D eigenvalue weighted by Gasteiger charge is 2.28. The largest absolute Gasteiger partial charge is 0.303 e. The summed E-state index contributed by atoms with van der Waals surface area (Å²) in [6.45, 7) is 9.30. The van der Waals surface area contributed by atoms with Crippen LogP contribution >= 0.6 is 23.4 Å². The highest BCUT2D eigenvalue weighted by Crippen LogP contribution is 2.30. The number of sulfonamides is 1. The molecule has 3 rings (SSSR count). The van der Waals surface area contributed by atoms with Gasteiger partial charge in [-0.25, -0.2) is 8.42 Å². The monoisotopic (exact) mass is 513 g/mol. The van der Waals surface area contributed by atoms with Crippen LogP contribution in [0.2, 0.25) is 5.02 Å². The van der Waals surface area contributed by atoms with Crippen LogP contribution in [0.5, 0.6) is 0 Å². The molecule has 1 aliphatic heterocycles. The molecule has 0 spiro atoms. The van der Waals surface area contributed by atoms with E-state index in [1.165, 1.54) is 23.6 Å². The van der Waals surface area contributed by atoms with Crippen molar-refractivity contribution in [2.24, 2.45) is 10.1 Å². The molecule has 184 valence electrons. The van der Waals surface area contributed by atoms with Gasteiger partial charge in [0.05, 0.1) is 5.02 Å². The fourth-order valence-corrected chi connectivity index (χ4v) is 6.92. The zero-order valence-corrected chi connectivity index (χ0v) is 22.2. The second-order valence-corrected chi connectivity index (χ2v) is 11.8. The molecule has 1 unspecified atom stereocenters. The maximum Gasteiger partial charge on any atom is 0.244 e. The molecule has 0 saturated heterocycles. The van der Waals surface area contributed by atoms with Gasteiger partial charge in [0.1, 0.15) is 15.3 Å². The van der Waals surface area contributed by atoms with Gasteiger partial charge in [0.25, 0.3) is 0 Å². The van der Waals surface area contributed by atoms with E-state index in [-0.39, 0.29) is 15.3 Å². The molecule has 10 heteroatoms. The molecule has 1 aromatic rings. The number of aliphatic imine (C=N–C) groups is 1. The Morgan fingerprint density at radius 3 is 2.55 bits per heavy atom. The van der Waals surface area contributed by atoms with Crippen LogP contribution in [0.3, 0.4) is 0 Å². The molecule has 1 N–H and O–H groups in total. The first kappa shape index (κ1) is 26.5. The average Bonchev–Trinajstić information content (AvgIpc) is 3.30. The molecule has 0 radical (unpaired) electrons. The third-order valence-electron chi connectivity index (χ3n) is 6.25. The van der Waals surface area contributed by atoms with E-state index >= 15 is 0 Å². The molecular weight excluding hydrogens is 478 g/mol. The van der Waals surface area contributed by atoms with E-state index in [0.29, 0.717) is 25.7 Å². The summed E-state index contributed by atoms with van der Waals surface area (Å²) in [7, 11) is -3.72. The van der Waals surface area contributed by atoms with Crippen LogP contribution < -0.4 is 5.43 Å². The maximum absolute atomic E-state index is 13.4. The fraction of sp³-hybridized carbons (Fsp3) is 0.652. The van der Waals surface area contributed by atoms with E-state index in [2.05, 4.69) is 29.3 Å². The van der Waals surface area contributed by atoms with Gasteiger partial charge in [0.2, 0.25) is 10.0 Å². The summed E-state index contributed by atoms with van der Waals surface area (Å²) in [6, 6.07) is 5.52. The Balaban J connectivity index is 1.71. The Morgan fingerprint density at radius 2 is 1.88 bits per heavy atom. The highest BCUT2D eigenvalue weighted by atomic mass is 35.5. The van der Waals surface area contributed by atoms with Crippen molar-refractivity contribution in [1.82, 2.24) is 14.6 Å². The molecule has 1 aromatic carbocycles. The van der Waals surface area contributed by atoms with Gasteiger partial charge in [0, 0.05) is 37.5 Å². The summed E-state index contributed by atoms with van der Waals surface area (Å²) in [5, 5.41) is 5.36. The lowest BCUT2D eigenvalue weighted by Gasteiger charge is -2.25. The van der Waals surface area contributed by atoms with Crippen molar-refractivity contribution >= 4 is 44.6 Å². The topological polar surface area (TPSA) is 77.4 Å². The quantitative estimate of drug-likeness (QED) is 0.443. The zero-order valence-electron chi connectivity index (χ0n) is 19.8. The van der Waals surface area contributed by atoms with E-state index in [0.717, 1.165) is 36.5 Å². The number of hydrazone groups is 1. The van der Waals surface area contributed by atoms with Crippen LogP contribution in [-0.2, 0) is 10.0 Å². The second-order valence-electron chi connectivity index (χ2n) is 8.34. The molecule has 1 saturated carbocycles. The molecular formula is C23H36ClN5O2S2. The van der Waals surface area contributed by atoms with Crippen molar-refractivity contribution < 1.29 is 8.42 Å². The van der Waals surface area contributed by atoms with Crippen molar-refractivity contribution in [3.63, 3.8) is 0 Å². The molecule has 1 atom stereocenters. The van der Waals surface area contributed by atoms with Crippen molar-refractivity contribution in [2.45, 2.75) is 69.2 Å². The van der Waals surface area contributed by atoms with Gasteiger partial charge in [-0.3, -0.25) is 10.4 Å². The van der Waals surface area contributed by atoms with Crippen molar-refractivity contribution in [3.8, 4) is 0 Å². The number of thioether (sulfide) groups is 1. The zero-order chi connectivity index (χ0) is 23.8. The number of nitrogens with zero attached hydrogens (tertiary/aromatic N) is 4. The molecule has 7 nitrogen and oxygen atoms in total. The summed E-state index contributed by atoms with van der Waals surface area (Å²) < 4.78 is 28.3. The number of rotatable bonds is 11. The SMILES string of the molecule is CCN(CC)CCN(CC)S(=O)(=O)c1cc(C2=NNC(C=NC3CCCCC3)S2)ccc1Cl. The van der Waals surface area contributed by atoms with Crippen LogP contribution in [0.1, 0.15) is 58.4 Å². The molecule has 1 heterocycles. The lowest BCUT2D eigenvalue weighted by atomic mass is 9.96.